The molecule has 1 heterocycles. The van der Waals surface area contributed by atoms with Crippen molar-refractivity contribution in [3.63, 3.8) is 0 Å². The van der Waals surface area contributed by atoms with E-state index in [0.717, 1.165) is 25.0 Å². The van der Waals surface area contributed by atoms with Gasteiger partial charge in [-0.05, 0) is 68.7 Å². The molecule has 2 atom stereocenters. The Hall–Kier alpha value is -2.57. The van der Waals surface area contributed by atoms with Crippen LogP contribution in [0.5, 0.6) is 5.75 Å². The summed E-state index contributed by atoms with van der Waals surface area (Å²) < 4.78 is 16.5. The number of halogens is 1. The molecule has 3 rings (SSSR count). The van der Waals surface area contributed by atoms with E-state index in [9.17, 15) is 9.59 Å². The summed E-state index contributed by atoms with van der Waals surface area (Å²) in [4.78, 5) is 24.7. The molecule has 0 bridgehead atoms. The number of hydrogen-bond acceptors (Lipinski definition) is 5. The van der Waals surface area contributed by atoms with Crippen molar-refractivity contribution in [3.05, 3.63) is 58.6 Å². The Morgan fingerprint density at radius 1 is 1.24 bits per heavy atom. The van der Waals surface area contributed by atoms with Gasteiger partial charge in [-0.1, -0.05) is 17.7 Å². The normalized spacial score (nSPS) is 16.9. The second kappa shape index (κ2) is 9.76. The summed E-state index contributed by atoms with van der Waals surface area (Å²) in [6, 6.07) is 11.8. The largest absolute Gasteiger partial charge is 0.491 e. The van der Waals surface area contributed by atoms with E-state index in [0.29, 0.717) is 28.6 Å². The molecule has 7 heteroatoms. The fourth-order valence-corrected chi connectivity index (χ4v) is 3.09. The monoisotopic (exact) mass is 417 g/mol. The number of ether oxygens (including phenoxy) is 3. The highest BCUT2D eigenvalue weighted by molar-refractivity contribution is 6.31. The number of benzene rings is 2. The van der Waals surface area contributed by atoms with E-state index in [1.54, 1.807) is 49.4 Å². The zero-order valence-corrected chi connectivity index (χ0v) is 17.2. The number of anilines is 1. The van der Waals surface area contributed by atoms with Crippen LogP contribution in [-0.2, 0) is 14.3 Å². The van der Waals surface area contributed by atoms with Gasteiger partial charge in [0.05, 0.1) is 11.7 Å². The first-order chi connectivity index (χ1) is 13.9. The molecule has 2 aromatic rings. The molecule has 0 unspecified atom stereocenters. The number of carbonyl (C=O) groups excluding carboxylic acids is 2. The predicted molar refractivity (Wildman–Crippen MR) is 111 cm³/mol. The first kappa shape index (κ1) is 21.1. The van der Waals surface area contributed by atoms with E-state index in [1.807, 2.05) is 0 Å². The van der Waals surface area contributed by atoms with Crippen LogP contribution in [0, 0.1) is 6.92 Å². The van der Waals surface area contributed by atoms with Gasteiger partial charge >= 0.3 is 5.97 Å². The molecular weight excluding hydrogens is 394 g/mol. The standard InChI is InChI=1S/C22H24ClNO5/c1-14-19(23)6-3-7-20(14)24-21(25)15(2)29-22(26)16-8-10-17(11-9-16)28-13-18-5-4-12-27-18/h3,6-11,15,18H,4-5,12-13H2,1-2H3,(H,24,25)/t15-,18-/m0/s1. The van der Waals surface area contributed by atoms with Crippen LogP contribution in [0.4, 0.5) is 5.69 Å². The van der Waals surface area contributed by atoms with E-state index >= 15 is 0 Å². The van der Waals surface area contributed by atoms with Gasteiger partial charge in [-0.3, -0.25) is 4.79 Å². The van der Waals surface area contributed by atoms with Crippen molar-refractivity contribution in [1.82, 2.24) is 0 Å². The Kier molecular flexibility index (Phi) is 7.12. The number of nitrogens with one attached hydrogen (secondary N) is 1. The molecule has 154 valence electrons. The van der Waals surface area contributed by atoms with Crippen molar-refractivity contribution in [1.29, 1.82) is 0 Å². The van der Waals surface area contributed by atoms with Gasteiger partial charge < -0.3 is 19.5 Å². The third kappa shape index (κ3) is 5.71. The highest BCUT2D eigenvalue weighted by Crippen LogP contribution is 2.23. The van der Waals surface area contributed by atoms with Gasteiger partial charge in [0.25, 0.3) is 5.91 Å². The van der Waals surface area contributed by atoms with E-state index in [1.165, 1.54) is 6.92 Å². The highest BCUT2D eigenvalue weighted by atomic mass is 35.5. The Morgan fingerprint density at radius 2 is 2.00 bits per heavy atom. The first-order valence-electron chi connectivity index (χ1n) is 9.55. The van der Waals surface area contributed by atoms with Gasteiger partial charge in [0.2, 0.25) is 0 Å². The molecule has 1 aliphatic rings. The van der Waals surface area contributed by atoms with Gasteiger partial charge in [-0.2, -0.15) is 0 Å². The second-order valence-corrected chi connectivity index (χ2v) is 7.33. The fraction of sp³-hybridized carbons (Fsp3) is 0.364. The van der Waals surface area contributed by atoms with Gasteiger partial charge in [0, 0.05) is 17.3 Å². The minimum Gasteiger partial charge on any atom is -0.491 e. The molecule has 1 fully saturated rings. The van der Waals surface area contributed by atoms with Crippen LogP contribution >= 0.6 is 11.6 Å². The fourth-order valence-electron chi connectivity index (χ4n) is 2.91. The van der Waals surface area contributed by atoms with Crippen LogP contribution < -0.4 is 10.1 Å². The van der Waals surface area contributed by atoms with Crippen LogP contribution in [0.1, 0.15) is 35.7 Å². The molecule has 29 heavy (non-hydrogen) atoms. The SMILES string of the molecule is Cc1c(Cl)cccc1NC(=O)[C@H](C)OC(=O)c1ccc(OC[C@@H]2CCCO2)cc1. The van der Waals surface area contributed by atoms with Crippen LogP contribution in [0.15, 0.2) is 42.5 Å². The summed E-state index contributed by atoms with van der Waals surface area (Å²) >= 11 is 6.06. The van der Waals surface area contributed by atoms with E-state index < -0.39 is 18.0 Å². The number of hydrogen-bond donors (Lipinski definition) is 1. The number of amides is 1. The van der Waals surface area contributed by atoms with E-state index in [2.05, 4.69) is 5.32 Å². The number of rotatable bonds is 7. The average Bonchev–Trinajstić information content (AvgIpc) is 3.24. The van der Waals surface area contributed by atoms with Crippen LogP contribution in [-0.4, -0.2) is 37.3 Å². The number of carbonyl (C=O) groups is 2. The van der Waals surface area contributed by atoms with Crippen molar-refractivity contribution in [2.24, 2.45) is 0 Å². The Balaban J connectivity index is 1.51. The van der Waals surface area contributed by atoms with Crippen molar-refractivity contribution in [2.45, 2.75) is 38.9 Å². The third-order valence-electron chi connectivity index (χ3n) is 4.73. The van der Waals surface area contributed by atoms with Crippen molar-refractivity contribution < 1.29 is 23.8 Å². The lowest BCUT2D eigenvalue weighted by Crippen LogP contribution is -2.30. The molecular formula is C22H24ClNO5. The van der Waals surface area contributed by atoms with Gasteiger partial charge in [0.15, 0.2) is 6.10 Å². The lowest BCUT2D eigenvalue weighted by molar-refractivity contribution is -0.123. The Labute approximate surface area is 175 Å². The molecule has 6 nitrogen and oxygen atoms in total. The predicted octanol–water partition coefficient (Wildman–Crippen LogP) is 4.39. The average molecular weight is 418 g/mol. The maximum atomic E-state index is 12.3. The summed E-state index contributed by atoms with van der Waals surface area (Å²) in [5.41, 5.74) is 1.67. The topological polar surface area (TPSA) is 73.9 Å². The highest BCUT2D eigenvalue weighted by Gasteiger charge is 2.20. The quantitative estimate of drug-likeness (QED) is 0.676. The summed E-state index contributed by atoms with van der Waals surface area (Å²) in [5.74, 6) is -0.361. The molecule has 1 N–H and O–H groups in total. The molecule has 0 saturated carbocycles. The van der Waals surface area contributed by atoms with Gasteiger partial charge in [-0.15, -0.1) is 0 Å². The smallest absolute Gasteiger partial charge is 0.338 e. The Morgan fingerprint density at radius 3 is 2.69 bits per heavy atom. The Bertz CT molecular complexity index is 862. The summed E-state index contributed by atoms with van der Waals surface area (Å²) in [5, 5.41) is 3.28. The van der Waals surface area contributed by atoms with Crippen LogP contribution in [0.25, 0.3) is 0 Å². The van der Waals surface area contributed by atoms with Gasteiger partial charge in [0.1, 0.15) is 12.4 Å². The van der Waals surface area contributed by atoms with Crippen molar-refractivity contribution in [3.8, 4) is 5.75 Å². The molecule has 0 radical (unpaired) electrons. The third-order valence-corrected chi connectivity index (χ3v) is 5.14. The second-order valence-electron chi connectivity index (χ2n) is 6.92. The minimum atomic E-state index is -0.962. The van der Waals surface area contributed by atoms with E-state index in [4.69, 9.17) is 25.8 Å². The molecule has 0 aliphatic carbocycles. The molecule has 2 aromatic carbocycles. The van der Waals surface area contributed by atoms with E-state index in [-0.39, 0.29) is 6.10 Å². The number of esters is 1. The first-order valence-corrected chi connectivity index (χ1v) is 9.93. The molecule has 1 amide bonds. The molecule has 1 aliphatic heterocycles. The molecule has 0 aromatic heterocycles. The maximum absolute atomic E-state index is 12.3. The lowest BCUT2D eigenvalue weighted by Gasteiger charge is -2.15. The van der Waals surface area contributed by atoms with Crippen molar-refractivity contribution in [2.75, 3.05) is 18.5 Å². The van der Waals surface area contributed by atoms with Gasteiger partial charge in [-0.25, -0.2) is 4.79 Å². The molecule has 0 spiro atoms. The zero-order chi connectivity index (χ0) is 20.8. The molecule has 1 saturated heterocycles. The van der Waals surface area contributed by atoms with Crippen LogP contribution in [0.2, 0.25) is 5.02 Å². The summed E-state index contributed by atoms with van der Waals surface area (Å²) in [6.45, 7) is 4.59. The summed E-state index contributed by atoms with van der Waals surface area (Å²) in [6.07, 6.45) is 1.22. The lowest BCUT2D eigenvalue weighted by atomic mass is 10.2. The van der Waals surface area contributed by atoms with Crippen molar-refractivity contribution >= 4 is 29.2 Å². The summed E-state index contributed by atoms with van der Waals surface area (Å²) in [7, 11) is 0. The zero-order valence-electron chi connectivity index (χ0n) is 16.4. The maximum Gasteiger partial charge on any atom is 0.338 e. The minimum absolute atomic E-state index is 0.127. The van der Waals surface area contributed by atoms with Crippen LogP contribution in [0.3, 0.4) is 0 Å².